The molecular weight excluding hydrogens is 356 g/mol. The van der Waals surface area contributed by atoms with Crippen LogP contribution in [0.4, 0.5) is 8.78 Å². The number of benzene rings is 1. The number of nitrogens with one attached hydrogen (secondary N) is 1. The van der Waals surface area contributed by atoms with Gasteiger partial charge in [-0.2, -0.15) is 9.82 Å². The molecule has 0 saturated carbocycles. The molecule has 7 nitrogen and oxygen atoms in total. The summed E-state index contributed by atoms with van der Waals surface area (Å²) >= 11 is 0. The second-order valence-corrected chi connectivity index (χ2v) is 7.06. The van der Waals surface area contributed by atoms with Gasteiger partial charge in [-0.05, 0) is 18.9 Å². The van der Waals surface area contributed by atoms with E-state index in [4.69, 9.17) is 0 Å². The highest BCUT2D eigenvalue weighted by molar-refractivity contribution is 7.89. The van der Waals surface area contributed by atoms with E-state index in [0.29, 0.717) is 5.56 Å². The summed E-state index contributed by atoms with van der Waals surface area (Å²) in [5.74, 6) is -1.41. The average Bonchev–Trinajstić information content (AvgIpc) is 2.82. The molecule has 2 rings (SSSR count). The number of carboxylic acids is 1. The van der Waals surface area contributed by atoms with Crippen molar-refractivity contribution in [2.75, 3.05) is 0 Å². The second kappa shape index (κ2) is 7.28. The van der Waals surface area contributed by atoms with Gasteiger partial charge in [-0.25, -0.2) is 17.2 Å². The largest absolute Gasteiger partial charge is 0.480 e. The number of alkyl halides is 2. The molecule has 1 aromatic carbocycles. The van der Waals surface area contributed by atoms with Crippen LogP contribution < -0.4 is 4.72 Å². The molecule has 2 aromatic rings. The van der Waals surface area contributed by atoms with E-state index in [1.807, 2.05) is 4.72 Å². The molecule has 0 spiro atoms. The lowest BCUT2D eigenvalue weighted by atomic mass is 10.1. The van der Waals surface area contributed by atoms with Crippen LogP contribution in [-0.4, -0.2) is 35.3 Å². The Morgan fingerprint density at radius 1 is 1.32 bits per heavy atom. The fourth-order valence-electron chi connectivity index (χ4n) is 2.50. The number of carbonyl (C=O) groups is 1. The molecule has 0 bridgehead atoms. The molecule has 1 heterocycles. The molecule has 2 N–H and O–H groups in total. The van der Waals surface area contributed by atoms with Crippen molar-refractivity contribution >= 4 is 16.0 Å². The summed E-state index contributed by atoms with van der Waals surface area (Å²) in [6.07, 6.45) is -3.19. The lowest BCUT2D eigenvalue weighted by Gasteiger charge is -2.16. The monoisotopic (exact) mass is 373 g/mol. The van der Waals surface area contributed by atoms with E-state index >= 15 is 0 Å². The number of hydrogen-bond donors (Lipinski definition) is 2. The lowest BCUT2D eigenvalue weighted by Crippen LogP contribution is -2.43. The molecule has 136 valence electrons. The molecule has 0 radical (unpaired) electrons. The van der Waals surface area contributed by atoms with Gasteiger partial charge in [0.1, 0.15) is 6.04 Å². The van der Waals surface area contributed by atoms with Crippen LogP contribution in [0.3, 0.4) is 0 Å². The summed E-state index contributed by atoms with van der Waals surface area (Å²) in [6, 6.07) is 6.88. The number of aryl methyl sites for hydroxylation is 2. The second-order valence-electron chi connectivity index (χ2n) is 5.43. The number of aliphatic carboxylic acids is 1. The molecule has 1 aromatic heterocycles. The minimum absolute atomic E-state index is 0.129. The van der Waals surface area contributed by atoms with Crippen molar-refractivity contribution in [2.45, 2.75) is 30.8 Å². The number of carboxylic acid groups (broad SMARTS) is 1. The van der Waals surface area contributed by atoms with Crippen molar-refractivity contribution in [3.05, 3.63) is 47.2 Å². The van der Waals surface area contributed by atoms with Gasteiger partial charge in [0.25, 0.3) is 16.4 Å². The maximum absolute atomic E-state index is 13.2. The molecule has 0 fully saturated rings. The Morgan fingerprint density at radius 2 is 1.92 bits per heavy atom. The van der Waals surface area contributed by atoms with E-state index < -0.39 is 39.0 Å². The van der Waals surface area contributed by atoms with E-state index in [2.05, 4.69) is 5.10 Å². The van der Waals surface area contributed by atoms with Crippen LogP contribution in [-0.2, 0) is 28.3 Å². The summed E-state index contributed by atoms with van der Waals surface area (Å²) < 4.78 is 54.3. The van der Waals surface area contributed by atoms with Crippen LogP contribution in [0.5, 0.6) is 0 Å². The summed E-state index contributed by atoms with van der Waals surface area (Å²) in [7, 11) is -3.31. The third kappa shape index (κ3) is 4.20. The molecule has 0 unspecified atom stereocenters. The highest BCUT2D eigenvalue weighted by atomic mass is 32.2. The van der Waals surface area contributed by atoms with E-state index in [1.54, 1.807) is 30.3 Å². The van der Waals surface area contributed by atoms with Gasteiger partial charge in [0.05, 0.1) is 11.3 Å². The third-order valence-corrected chi connectivity index (χ3v) is 5.15. The Bertz CT molecular complexity index is 866. The molecule has 0 aliphatic rings. The first-order chi connectivity index (χ1) is 11.6. The van der Waals surface area contributed by atoms with Crippen LogP contribution >= 0.6 is 0 Å². The van der Waals surface area contributed by atoms with Gasteiger partial charge in [-0.1, -0.05) is 30.3 Å². The highest BCUT2D eigenvalue weighted by Gasteiger charge is 2.34. The average molecular weight is 373 g/mol. The van der Waals surface area contributed by atoms with Gasteiger partial charge < -0.3 is 5.11 Å². The van der Waals surface area contributed by atoms with Crippen molar-refractivity contribution in [3.8, 4) is 0 Å². The number of nitrogens with zero attached hydrogens (tertiary/aromatic N) is 2. The van der Waals surface area contributed by atoms with E-state index in [9.17, 15) is 27.1 Å². The van der Waals surface area contributed by atoms with Gasteiger partial charge in [0.2, 0.25) is 0 Å². The Morgan fingerprint density at radius 3 is 2.44 bits per heavy atom. The zero-order valence-corrected chi connectivity index (χ0v) is 14.3. The van der Waals surface area contributed by atoms with Crippen molar-refractivity contribution in [3.63, 3.8) is 0 Å². The third-order valence-electron chi connectivity index (χ3n) is 3.57. The van der Waals surface area contributed by atoms with Gasteiger partial charge >= 0.3 is 5.97 Å². The Labute approximate surface area is 143 Å². The topological polar surface area (TPSA) is 101 Å². The summed E-state index contributed by atoms with van der Waals surface area (Å²) in [4.78, 5) is 11.4. The first-order valence-electron chi connectivity index (χ1n) is 7.24. The van der Waals surface area contributed by atoms with Crippen molar-refractivity contribution in [2.24, 2.45) is 7.05 Å². The Kier molecular flexibility index (Phi) is 5.53. The molecular formula is C15H17F2N3O4S. The van der Waals surface area contributed by atoms with Crippen LogP contribution in [0.15, 0.2) is 35.4 Å². The van der Waals surface area contributed by atoms with Crippen molar-refractivity contribution in [1.29, 1.82) is 0 Å². The molecule has 0 aliphatic carbocycles. The first-order valence-corrected chi connectivity index (χ1v) is 8.72. The number of sulfonamides is 1. The van der Waals surface area contributed by atoms with Crippen molar-refractivity contribution < 1.29 is 27.1 Å². The van der Waals surface area contributed by atoms with Crippen LogP contribution in [0.1, 0.15) is 23.2 Å². The summed E-state index contributed by atoms with van der Waals surface area (Å²) in [5, 5.41) is 12.3. The smallest absolute Gasteiger partial charge is 0.322 e. The Balaban J connectivity index is 2.37. The van der Waals surface area contributed by atoms with E-state index in [1.165, 1.54) is 14.0 Å². The fraction of sp³-hybridized carbons (Fsp3) is 0.333. The maximum Gasteiger partial charge on any atom is 0.322 e. The number of aromatic nitrogens is 2. The fourth-order valence-corrected chi connectivity index (χ4v) is 4.08. The zero-order chi connectivity index (χ0) is 18.8. The quantitative estimate of drug-likeness (QED) is 0.768. The van der Waals surface area contributed by atoms with E-state index in [0.717, 1.165) is 4.68 Å². The van der Waals surface area contributed by atoms with Crippen LogP contribution in [0.2, 0.25) is 0 Å². The minimum atomic E-state index is -4.52. The molecule has 10 heteroatoms. The van der Waals surface area contributed by atoms with Gasteiger partial charge in [0.15, 0.2) is 5.03 Å². The molecule has 25 heavy (non-hydrogen) atoms. The van der Waals surface area contributed by atoms with Gasteiger partial charge in [-0.15, -0.1) is 0 Å². The number of halogens is 2. The normalized spacial score (nSPS) is 13.2. The van der Waals surface area contributed by atoms with Crippen molar-refractivity contribution in [1.82, 2.24) is 14.5 Å². The van der Waals surface area contributed by atoms with E-state index in [-0.39, 0.29) is 12.1 Å². The van der Waals surface area contributed by atoms with Crippen LogP contribution in [0.25, 0.3) is 0 Å². The van der Waals surface area contributed by atoms with Crippen LogP contribution in [0, 0.1) is 6.92 Å². The number of rotatable bonds is 7. The standard InChI is InChI=1S/C15H17F2N3O4S/c1-9-12(13(16)17)14(20(2)18-9)25(23,24)19-11(15(21)22)8-10-6-4-3-5-7-10/h3-7,11,13,19H,8H2,1-2H3,(H,21,22)/t11-/m0/s1. The first kappa shape index (κ1) is 19.0. The zero-order valence-electron chi connectivity index (χ0n) is 13.5. The predicted octanol–water partition coefficient (Wildman–Crippen LogP) is 1.64. The predicted molar refractivity (Wildman–Crippen MR) is 84.8 cm³/mol. The Hall–Kier alpha value is -2.33. The lowest BCUT2D eigenvalue weighted by molar-refractivity contribution is -0.138. The van der Waals surface area contributed by atoms with Gasteiger partial charge in [0, 0.05) is 7.05 Å². The van der Waals surface area contributed by atoms with Gasteiger partial charge in [-0.3, -0.25) is 9.48 Å². The summed E-state index contributed by atoms with van der Waals surface area (Å²) in [6.45, 7) is 1.26. The summed E-state index contributed by atoms with van der Waals surface area (Å²) in [5.41, 5.74) is -0.278. The SMILES string of the molecule is Cc1nn(C)c(S(=O)(=O)N[C@@H](Cc2ccccc2)C(=O)O)c1C(F)F. The molecule has 0 saturated heterocycles. The molecule has 1 atom stereocenters. The number of hydrogen-bond acceptors (Lipinski definition) is 4. The highest BCUT2D eigenvalue weighted by Crippen LogP contribution is 2.29. The molecule has 0 amide bonds. The minimum Gasteiger partial charge on any atom is -0.480 e. The molecule has 0 aliphatic heterocycles. The maximum atomic E-state index is 13.2.